The van der Waals surface area contributed by atoms with Crippen molar-refractivity contribution in [1.82, 2.24) is 0 Å². The second-order valence-electron chi connectivity index (χ2n) is 8.55. The molecule has 0 aromatic rings. The smallest absolute Gasteiger partial charge is 0.173 e. The van der Waals surface area contributed by atoms with Gasteiger partial charge in [-0.25, -0.2) is 4.39 Å². The molecule has 3 fully saturated rings. The number of hydrogen-bond acceptors (Lipinski definition) is 2. The molecule has 22 heavy (non-hydrogen) atoms. The highest BCUT2D eigenvalue weighted by Crippen LogP contribution is 2.64. The highest BCUT2D eigenvalue weighted by atomic mass is 19.1. The Bertz CT molecular complexity index is 582. The molecular weight excluding hydrogens is 277 g/mol. The molecule has 4 unspecified atom stereocenters. The Labute approximate surface area is 132 Å². The summed E-state index contributed by atoms with van der Waals surface area (Å²) < 4.78 is 14.1. The molecule has 2 nitrogen and oxygen atoms in total. The van der Waals surface area contributed by atoms with Gasteiger partial charge in [-0.1, -0.05) is 19.4 Å². The molecule has 0 radical (unpaired) electrons. The van der Waals surface area contributed by atoms with Gasteiger partial charge in [0, 0.05) is 11.1 Å². The third kappa shape index (κ3) is 1.71. The van der Waals surface area contributed by atoms with Crippen LogP contribution in [0.15, 0.2) is 11.6 Å². The van der Waals surface area contributed by atoms with Crippen molar-refractivity contribution in [3.63, 3.8) is 0 Å². The number of ketones is 1. The van der Waals surface area contributed by atoms with E-state index in [0.29, 0.717) is 18.3 Å². The average Bonchev–Trinajstić information content (AvgIpc) is 2.72. The van der Waals surface area contributed by atoms with Crippen molar-refractivity contribution < 1.29 is 9.18 Å². The van der Waals surface area contributed by atoms with Crippen LogP contribution in [0, 0.1) is 34.0 Å². The standard InChI is InChI=1S/C19H26FNO/c1-18-7-5-12(21)9-11(18)3-4-13-14(18)6-8-19(2)15(13)10-16(20)17(19)22/h9,13-16,21H,3-8,10H2,1-2H3/t13?,14?,15?,16?,18-,19-/m0/s1. The Balaban J connectivity index is 1.70. The second-order valence-corrected chi connectivity index (χ2v) is 8.55. The van der Waals surface area contributed by atoms with E-state index in [2.05, 4.69) is 13.0 Å². The zero-order valence-corrected chi connectivity index (χ0v) is 13.6. The van der Waals surface area contributed by atoms with Crippen LogP contribution in [0.5, 0.6) is 0 Å². The van der Waals surface area contributed by atoms with Gasteiger partial charge in [0.15, 0.2) is 12.0 Å². The van der Waals surface area contributed by atoms with Gasteiger partial charge in [-0.05, 0) is 74.2 Å². The number of hydrogen-bond donors (Lipinski definition) is 1. The number of allylic oxidation sites excluding steroid dienone is 2. The van der Waals surface area contributed by atoms with Crippen molar-refractivity contribution >= 4 is 11.5 Å². The first-order chi connectivity index (χ1) is 10.4. The SMILES string of the molecule is C[C@]12CCC(=N)C=C1CCC1C2CC[C@]2(C)C(=O)C(F)CC12. The van der Waals surface area contributed by atoms with Crippen LogP contribution in [0.3, 0.4) is 0 Å². The number of rotatable bonds is 0. The molecule has 0 spiro atoms. The summed E-state index contributed by atoms with van der Waals surface area (Å²) >= 11 is 0. The zero-order chi connectivity index (χ0) is 15.7. The van der Waals surface area contributed by atoms with Gasteiger partial charge in [0.2, 0.25) is 0 Å². The number of nitrogens with one attached hydrogen (secondary N) is 1. The maximum absolute atomic E-state index is 14.1. The molecule has 3 saturated carbocycles. The summed E-state index contributed by atoms with van der Waals surface area (Å²) in [7, 11) is 0. The molecule has 0 aliphatic heterocycles. The average molecular weight is 303 g/mol. The summed E-state index contributed by atoms with van der Waals surface area (Å²) in [4.78, 5) is 12.3. The van der Waals surface area contributed by atoms with Gasteiger partial charge >= 0.3 is 0 Å². The minimum Gasteiger partial charge on any atom is -0.305 e. The number of halogens is 1. The fourth-order valence-electron chi connectivity index (χ4n) is 6.34. The van der Waals surface area contributed by atoms with E-state index in [1.165, 1.54) is 5.57 Å². The normalized spacial score (nSPS) is 51.0. The molecule has 4 aliphatic carbocycles. The molecule has 0 bridgehead atoms. The molecule has 0 amide bonds. The van der Waals surface area contributed by atoms with Crippen molar-refractivity contribution in [2.24, 2.45) is 28.6 Å². The summed E-state index contributed by atoms with van der Waals surface area (Å²) in [5, 5.41) is 7.96. The van der Waals surface area contributed by atoms with Crippen LogP contribution in [0.25, 0.3) is 0 Å². The largest absolute Gasteiger partial charge is 0.305 e. The summed E-state index contributed by atoms with van der Waals surface area (Å²) in [5.41, 5.74) is 2.01. The summed E-state index contributed by atoms with van der Waals surface area (Å²) in [5.74, 6) is 1.20. The molecule has 0 aromatic heterocycles. The van der Waals surface area contributed by atoms with Gasteiger partial charge < -0.3 is 5.41 Å². The number of carbonyl (C=O) groups excluding carboxylic acids is 1. The maximum Gasteiger partial charge on any atom is 0.173 e. The van der Waals surface area contributed by atoms with E-state index in [1.54, 1.807) is 0 Å². The Morgan fingerprint density at radius 1 is 1.14 bits per heavy atom. The van der Waals surface area contributed by atoms with E-state index in [1.807, 2.05) is 6.92 Å². The monoisotopic (exact) mass is 303 g/mol. The minimum absolute atomic E-state index is 0.118. The van der Waals surface area contributed by atoms with Crippen molar-refractivity contribution in [3.8, 4) is 0 Å². The van der Waals surface area contributed by atoms with Crippen LogP contribution in [0.4, 0.5) is 4.39 Å². The fourth-order valence-corrected chi connectivity index (χ4v) is 6.34. The lowest BCUT2D eigenvalue weighted by atomic mass is 9.47. The maximum atomic E-state index is 14.1. The number of carbonyl (C=O) groups is 1. The van der Waals surface area contributed by atoms with Crippen LogP contribution in [-0.4, -0.2) is 17.7 Å². The summed E-state index contributed by atoms with van der Waals surface area (Å²) in [6.45, 7) is 4.40. The Morgan fingerprint density at radius 2 is 1.91 bits per heavy atom. The van der Waals surface area contributed by atoms with Crippen LogP contribution in [-0.2, 0) is 4.79 Å². The first-order valence-corrected chi connectivity index (χ1v) is 8.83. The van der Waals surface area contributed by atoms with Gasteiger partial charge in [0.1, 0.15) is 0 Å². The lowest BCUT2D eigenvalue weighted by molar-refractivity contribution is -0.135. The van der Waals surface area contributed by atoms with Crippen LogP contribution < -0.4 is 0 Å². The van der Waals surface area contributed by atoms with E-state index in [4.69, 9.17) is 5.41 Å². The lowest BCUT2D eigenvalue weighted by Gasteiger charge is -2.56. The van der Waals surface area contributed by atoms with E-state index < -0.39 is 11.6 Å². The predicted octanol–water partition coefficient (Wildman–Crippen LogP) is 4.49. The lowest BCUT2D eigenvalue weighted by Crippen LogP contribution is -2.50. The molecule has 3 heteroatoms. The predicted molar refractivity (Wildman–Crippen MR) is 84.7 cm³/mol. The van der Waals surface area contributed by atoms with Gasteiger partial charge in [-0.3, -0.25) is 4.79 Å². The zero-order valence-electron chi connectivity index (χ0n) is 13.6. The Hall–Kier alpha value is -0.990. The van der Waals surface area contributed by atoms with Gasteiger partial charge in [0.25, 0.3) is 0 Å². The first kappa shape index (κ1) is 14.6. The minimum atomic E-state index is -1.22. The van der Waals surface area contributed by atoms with Gasteiger partial charge in [-0.15, -0.1) is 0 Å². The molecule has 0 aromatic carbocycles. The van der Waals surface area contributed by atoms with E-state index in [0.717, 1.165) is 44.2 Å². The molecule has 4 rings (SSSR count). The quantitative estimate of drug-likeness (QED) is 0.704. The van der Waals surface area contributed by atoms with E-state index in [9.17, 15) is 9.18 Å². The van der Waals surface area contributed by atoms with Crippen molar-refractivity contribution in [3.05, 3.63) is 11.6 Å². The summed E-state index contributed by atoms with van der Waals surface area (Å²) in [6.07, 6.45) is 7.32. The highest BCUT2D eigenvalue weighted by molar-refractivity contribution is 5.94. The van der Waals surface area contributed by atoms with E-state index in [-0.39, 0.29) is 17.1 Å². The Morgan fingerprint density at radius 3 is 2.68 bits per heavy atom. The number of fused-ring (bicyclic) bond motifs is 5. The molecule has 1 N–H and O–H groups in total. The summed E-state index contributed by atoms with van der Waals surface area (Å²) in [6, 6.07) is 0. The van der Waals surface area contributed by atoms with Gasteiger partial charge in [-0.2, -0.15) is 0 Å². The van der Waals surface area contributed by atoms with Crippen molar-refractivity contribution in [2.45, 2.75) is 65.0 Å². The molecule has 0 heterocycles. The molecule has 0 saturated heterocycles. The number of Topliss-reactive ketones (excluding diaryl/α,β-unsaturated/α-hetero) is 1. The third-order valence-electron chi connectivity index (χ3n) is 7.70. The topological polar surface area (TPSA) is 40.9 Å². The van der Waals surface area contributed by atoms with Crippen molar-refractivity contribution in [1.29, 1.82) is 5.41 Å². The van der Waals surface area contributed by atoms with Gasteiger partial charge in [0.05, 0.1) is 0 Å². The molecular formula is C19H26FNO. The van der Waals surface area contributed by atoms with Crippen LogP contribution >= 0.6 is 0 Å². The Kier molecular flexibility index (Phi) is 3.00. The highest BCUT2D eigenvalue weighted by Gasteiger charge is 2.61. The second kappa shape index (κ2) is 4.52. The van der Waals surface area contributed by atoms with Crippen LogP contribution in [0.2, 0.25) is 0 Å². The van der Waals surface area contributed by atoms with Crippen LogP contribution in [0.1, 0.15) is 58.8 Å². The molecule has 4 aliphatic rings. The molecule has 120 valence electrons. The number of alkyl halides is 1. The third-order valence-corrected chi connectivity index (χ3v) is 7.70. The van der Waals surface area contributed by atoms with E-state index >= 15 is 0 Å². The van der Waals surface area contributed by atoms with Crippen molar-refractivity contribution in [2.75, 3.05) is 0 Å². The first-order valence-electron chi connectivity index (χ1n) is 8.83. The fraction of sp³-hybridized carbons (Fsp3) is 0.789. The molecule has 6 atom stereocenters.